The van der Waals surface area contributed by atoms with Crippen LogP contribution in [-0.4, -0.2) is 19.6 Å². The third-order valence-electron chi connectivity index (χ3n) is 2.99. The molecule has 0 aliphatic carbocycles. The molecule has 0 aliphatic rings. The van der Waals surface area contributed by atoms with Crippen LogP contribution in [0.2, 0.25) is 5.02 Å². The predicted molar refractivity (Wildman–Crippen MR) is 75.2 cm³/mol. The van der Waals surface area contributed by atoms with Gasteiger partial charge in [-0.2, -0.15) is 10.2 Å². The zero-order chi connectivity index (χ0) is 13.4. The second kappa shape index (κ2) is 4.44. The standard InChI is InChI=1S/C13H12ClN5/c1-18-13(15)10(8-17-18)9-3-4-12(11(14)7-9)19-6-2-5-16-19/h2-8H,15H2,1H3. The Kier molecular flexibility index (Phi) is 2.76. The molecular formula is C13H12ClN5. The van der Waals surface area contributed by atoms with Gasteiger partial charge in [-0.15, -0.1) is 0 Å². The van der Waals surface area contributed by atoms with E-state index in [1.165, 1.54) is 0 Å². The maximum atomic E-state index is 6.30. The lowest BCUT2D eigenvalue weighted by atomic mass is 10.1. The number of aromatic nitrogens is 4. The summed E-state index contributed by atoms with van der Waals surface area (Å²) in [5.74, 6) is 0.614. The number of anilines is 1. The number of halogens is 1. The van der Waals surface area contributed by atoms with Crippen molar-refractivity contribution in [1.82, 2.24) is 19.6 Å². The molecule has 3 aromatic rings. The molecule has 0 spiro atoms. The summed E-state index contributed by atoms with van der Waals surface area (Å²) in [5.41, 5.74) is 8.60. The fraction of sp³-hybridized carbons (Fsp3) is 0.0769. The smallest absolute Gasteiger partial charge is 0.129 e. The highest BCUT2D eigenvalue weighted by Crippen LogP contribution is 2.30. The maximum Gasteiger partial charge on any atom is 0.129 e. The van der Waals surface area contributed by atoms with Gasteiger partial charge in [0.2, 0.25) is 0 Å². The van der Waals surface area contributed by atoms with E-state index in [1.54, 1.807) is 28.8 Å². The zero-order valence-corrected chi connectivity index (χ0v) is 11.0. The van der Waals surface area contributed by atoms with Gasteiger partial charge in [0.1, 0.15) is 5.82 Å². The zero-order valence-electron chi connectivity index (χ0n) is 10.3. The Hall–Kier alpha value is -2.27. The molecule has 3 rings (SSSR count). The van der Waals surface area contributed by atoms with Gasteiger partial charge in [0.15, 0.2) is 0 Å². The lowest BCUT2D eigenvalue weighted by Gasteiger charge is -2.07. The van der Waals surface area contributed by atoms with Gasteiger partial charge >= 0.3 is 0 Å². The summed E-state index contributed by atoms with van der Waals surface area (Å²) in [5, 5.41) is 8.90. The highest BCUT2D eigenvalue weighted by molar-refractivity contribution is 6.32. The van der Waals surface area contributed by atoms with Crippen molar-refractivity contribution in [3.8, 4) is 16.8 Å². The number of aryl methyl sites for hydroxylation is 1. The van der Waals surface area contributed by atoms with Crippen molar-refractivity contribution in [2.45, 2.75) is 0 Å². The van der Waals surface area contributed by atoms with Crippen LogP contribution in [0, 0.1) is 0 Å². The highest BCUT2D eigenvalue weighted by Gasteiger charge is 2.10. The van der Waals surface area contributed by atoms with Crippen LogP contribution in [0.5, 0.6) is 0 Å². The molecule has 0 aliphatic heterocycles. The van der Waals surface area contributed by atoms with Crippen LogP contribution in [0.4, 0.5) is 5.82 Å². The molecule has 2 N–H and O–H groups in total. The molecule has 0 amide bonds. The molecule has 0 saturated carbocycles. The van der Waals surface area contributed by atoms with Gasteiger partial charge in [-0.25, -0.2) is 4.68 Å². The molecule has 0 fully saturated rings. The van der Waals surface area contributed by atoms with E-state index in [0.29, 0.717) is 10.8 Å². The minimum Gasteiger partial charge on any atom is -0.383 e. The number of nitrogens with two attached hydrogens (primary N) is 1. The Morgan fingerprint density at radius 2 is 2.11 bits per heavy atom. The Balaban J connectivity index is 2.07. The van der Waals surface area contributed by atoms with Crippen LogP contribution in [0.1, 0.15) is 0 Å². The van der Waals surface area contributed by atoms with E-state index >= 15 is 0 Å². The molecule has 0 radical (unpaired) electrons. The molecule has 19 heavy (non-hydrogen) atoms. The van der Waals surface area contributed by atoms with Gasteiger partial charge in [-0.05, 0) is 23.8 Å². The number of hydrogen-bond acceptors (Lipinski definition) is 3. The van der Waals surface area contributed by atoms with Gasteiger partial charge in [-0.3, -0.25) is 4.68 Å². The number of benzene rings is 1. The number of rotatable bonds is 2. The lowest BCUT2D eigenvalue weighted by Crippen LogP contribution is -1.98. The third-order valence-corrected chi connectivity index (χ3v) is 3.30. The lowest BCUT2D eigenvalue weighted by molar-refractivity contribution is 0.779. The van der Waals surface area contributed by atoms with Crippen molar-refractivity contribution < 1.29 is 0 Å². The van der Waals surface area contributed by atoms with Crippen molar-refractivity contribution >= 4 is 17.4 Å². The Morgan fingerprint density at radius 1 is 1.26 bits per heavy atom. The van der Waals surface area contributed by atoms with Gasteiger partial charge in [0.05, 0.1) is 16.9 Å². The van der Waals surface area contributed by atoms with E-state index in [4.69, 9.17) is 17.3 Å². The van der Waals surface area contributed by atoms with E-state index < -0.39 is 0 Å². The van der Waals surface area contributed by atoms with Crippen molar-refractivity contribution in [2.24, 2.45) is 7.05 Å². The quantitative estimate of drug-likeness (QED) is 0.780. The summed E-state index contributed by atoms with van der Waals surface area (Å²) < 4.78 is 3.35. The molecule has 0 atom stereocenters. The van der Waals surface area contributed by atoms with Gasteiger partial charge < -0.3 is 5.73 Å². The Bertz CT molecular complexity index is 715. The topological polar surface area (TPSA) is 61.7 Å². The Morgan fingerprint density at radius 3 is 2.68 bits per heavy atom. The number of nitrogen functional groups attached to an aromatic ring is 1. The molecule has 96 valence electrons. The number of hydrogen-bond donors (Lipinski definition) is 1. The first-order valence-electron chi connectivity index (χ1n) is 5.74. The van der Waals surface area contributed by atoms with Gasteiger partial charge in [0, 0.05) is 25.0 Å². The first-order chi connectivity index (χ1) is 9.16. The number of nitrogens with zero attached hydrogens (tertiary/aromatic N) is 4. The van der Waals surface area contributed by atoms with E-state index in [2.05, 4.69) is 10.2 Å². The first-order valence-corrected chi connectivity index (χ1v) is 6.12. The van der Waals surface area contributed by atoms with E-state index in [-0.39, 0.29) is 0 Å². The molecule has 1 aromatic carbocycles. The SMILES string of the molecule is Cn1ncc(-c2ccc(-n3cccn3)c(Cl)c2)c1N. The van der Waals surface area contributed by atoms with Crippen molar-refractivity contribution in [3.63, 3.8) is 0 Å². The highest BCUT2D eigenvalue weighted by atomic mass is 35.5. The van der Waals surface area contributed by atoms with E-state index in [1.807, 2.05) is 30.5 Å². The van der Waals surface area contributed by atoms with Gasteiger partial charge in [-0.1, -0.05) is 17.7 Å². The second-order valence-electron chi connectivity index (χ2n) is 4.18. The van der Waals surface area contributed by atoms with Crippen LogP contribution in [0.25, 0.3) is 16.8 Å². The molecule has 0 bridgehead atoms. The summed E-state index contributed by atoms with van der Waals surface area (Å²) in [7, 11) is 1.80. The fourth-order valence-electron chi connectivity index (χ4n) is 1.94. The monoisotopic (exact) mass is 273 g/mol. The van der Waals surface area contributed by atoms with Crippen LogP contribution in [0.3, 0.4) is 0 Å². The van der Waals surface area contributed by atoms with Crippen LogP contribution < -0.4 is 5.73 Å². The maximum absolute atomic E-state index is 6.30. The summed E-state index contributed by atoms with van der Waals surface area (Å²) in [6.45, 7) is 0. The molecule has 2 aromatic heterocycles. The van der Waals surface area contributed by atoms with Crippen LogP contribution >= 0.6 is 11.6 Å². The summed E-state index contributed by atoms with van der Waals surface area (Å²) >= 11 is 6.30. The molecule has 6 heteroatoms. The van der Waals surface area contributed by atoms with Gasteiger partial charge in [0.25, 0.3) is 0 Å². The van der Waals surface area contributed by atoms with Crippen molar-refractivity contribution in [1.29, 1.82) is 0 Å². The second-order valence-corrected chi connectivity index (χ2v) is 4.59. The molecule has 0 unspecified atom stereocenters. The molecular weight excluding hydrogens is 262 g/mol. The van der Waals surface area contributed by atoms with Crippen LogP contribution in [0.15, 0.2) is 42.9 Å². The van der Waals surface area contributed by atoms with Crippen molar-refractivity contribution in [2.75, 3.05) is 5.73 Å². The van der Waals surface area contributed by atoms with Crippen LogP contribution in [-0.2, 0) is 7.05 Å². The molecule has 5 nitrogen and oxygen atoms in total. The Labute approximate surface area is 115 Å². The first kappa shape index (κ1) is 11.8. The summed E-state index contributed by atoms with van der Waals surface area (Å²) in [6.07, 6.45) is 5.29. The summed E-state index contributed by atoms with van der Waals surface area (Å²) in [6, 6.07) is 7.59. The average molecular weight is 274 g/mol. The van der Waals surface area contributed by atoms with E-state index in [0.717, 1.165) is 16.8 Å². The molecule has 2 heterocycles. The predicted octanol–water partition coefficient (Wildman–Crippen LogP) is 2.51. The minimum absolute atomic E-state index is 0.614. The normalized spacial score (nSPS) is 10.8. The largest absolute Gasteiger partial charge is 0.383 e. The third kappa shape index (κ3) is 1.98. The fourth-order valence-corrected chi connectivity index (χ4v) is 2.21. The minimum atomic E-state index is 0.614. The average Bonchev–Trinajstić information content (AvgIpc) is 3.01. The van der Waals surface area contributed by atoms with E-state index in [9.17, 15) is 0 Å². The van der Waals surface area contributed by atoms with Crippen molar-refractivity contribution in [3.05, 3.63) is 47.9 Å². The summed E-state index contributed by atoms with van der Waals surface area (Å²) in [4.78, 5) is 0. The molecule has 0 saturated heterocycles.